The Bertz CT molecular complexity index is 1440. The van der Waals surface area contributed by atoms with Gasteiger partial charge in [-0.15, -0.1) is 0 Å². The molecule has 41 heavy (non-hydrogen) atoms. The summed E-state index contributed by atoms with van der Waals surface area (Å²) in [5.74, 6) is -1.20. The first-order valence-electron chi connectivity index (χ1n) is 13.3. The van der Waals surface area contributed by atoms with E-state index in [1.165, 1.54) is 53.4 Å². The van der Waals surface area contributed by atoms with Gasteiger partial charge in [-0.05, 0) is 81.3 Å². The molecule has 2 amide bonds. The normalized spacial score (nSPS) is 12.7. The van der Waals surface area contributed by atoms with Crippen LogP contribution in [0.2, 0.25) is 5.02 Å². The predicted octanol–water partition coefficient (Wildman–Crippen LogP) is 5.41. The van der Waals surface area contributed by atoms with Crippen LogP contribution < -0.4 is 14.4 Å². The molecule has 11 heteroatoms. The number of anilines is 1. The molecular formula is C30H35ClFN3O5S. The molecular weight excluding hydrogens is 569 g/mol. The van der Waals surface area contributed by atoms with Crippen LogP contribution in [0.4, 0.5) is 10.1 Å². The number of hydrogen-bond acceptors (Lipinski definition) is 5. The van der Waals surface area contributed by atoms with E-state index in [9.17, 15) is 22.4 Å². The van der Waals surface area contributed by atoms with Crippen LogP contribution in [-0.2, 0) is 26.2 Å². The molecule has 3 aromatic carbocycles. The van der Waals surface area contributed by atoms with Gasteiger partial charge in [-0.25, -0.2) is 12.8 Å². The summed E-state index contributed by atoms with van der Waals surface area (Å²) in [6, 6.07) is 16.6. The van der Waals surface area contributed by atoms with E-state index in [4.69, 9.17) is 16.3 Å². The smallest absolute Gasteiger partial charge is 0.264 e. The highest BCUT2D eigenvalue weighted by molar-refractivity contribution is 7.92. The van der Waals surface area contributed by atoms with E-state index in [1.54, 1.807) is 38.1 Å². The van der Waals surface area contributed by atoms with Crippen molar-refractivity contribution in [1.82, 2.24) is 10.2 Å². The second-order valence-corrected chi connectivity index (χ2v) is 11.8. The number of benzene rings is 3. The topological polar surface area (TPSA) is 96.0 Å². The van der Waals surface area contributed by atoms with Gasteiger partial charge in [0.25, 0.3) is 10.0 Å². The average Bonchev–Trinajstić information content (AvgIpc) is 2.95. The van der Waals surface area contributed by atoms with E-state index < -0.39 is 40.2 Å². The summed E-state index contributed by atoms with van der Waals surface area (Å²) in [5.41, 5.74) is 0.737. The van der Waals surface area contributed by atoms with Gasteiger partial charge in [0.15, 0.2) is 0 Å². The quantitative estimate of drug-likeness (QED) is 0.282. The zero-order chi connectivity index (χ0) is 30.2. The molecule has 0 saturated carbocycles. The lowest BCUT2D eigenvalue weighted by atomic mass is 10.1. The van der Waals surface area contributed by atoms with Crippen molar-refractivity contribution in [3.8, 4) is 5.75 Å². The third-order valence-corrected chi connectivity index (χ3v) is 8.57. The van der Waals surface area contributed by atoms with Gasteiger partial charge in [0, 0.05) is 17.6 Å². The third kappa shape index (κ3) is 8.20. The molecule has 1 N–H and O–H groups in total. The van der Waals surface area contributed by atoms with Gasteiger partial charge in [0.2, 0.25) is 11.8 Å². The van der Waals surface area contributed by atoms with Crippen LogP contribution >= 0.6 is 11.6 Å². The summed E-state index contributed by atoms with van der Waals surface area (Å²) < 4.78 is 48.2. The number of rotatable bonds is 13. The van der Waals surface area contributed by atoms with Gasteiger partial charge in [0.05, 0.1) is 17.2 Å². The second-order valence-electron chi connectivity index (χ2n) is 9.51. The highest BCUT2D eigenvalue weighted by Gasteiger charge is 2.34. The predicted molar refractivity (Wildman–Crippen MR) is 158 cm³/mol. The number of sulfonamides is 1. The first-order valence-corrected chi connectivity index (χ1v) is 15.1. The Labute approximate surface area is 246 Å². The summed E-state index contributed by atoms with van der Waals surface area (Å²) in [7, 11) is -4.29. The van der Waals surface area contributed by atoms with E-state index in [-0.39, 0.29) is 35.5 Å². The maximum Gasteiger partial charge on any atom is 0.264 e. The van der Waals surface area contributed by atoms with Crippen molar-refractivity contribution in [1.29, 1.82) is 0 Å². The van der Waals surface area contributed by atoms with Gasteiger partial charge in [-0.2, -0.15) is 0 Å². The van der Waals surface area contributed by atoms with E-state index in [0.717, 1.165) is 4.31 Å². The van der Waals surface area contributed by atoms with Crippen molar-refractivity contribution >= 4 is 39.1 Å². The minimum atomic E-state index is -4.29. The van der Waals surface area contributed by atoms with Crippen LogP contribution in [0, 0.1) is 5.82 Å². The Hall–Kier alpha value is -3.63. The number of nitrogens with one attached hydrogen (secondary N) is 1. The summed E-state index contributed by atoms with van der Waals surface area (Å²) in [5, 5.41) is 3.23. The van der Waals surface area contributed by atoms with Gasteiger partial charge < -0.3 is 15.0 Å². The summed E-state index contributed by atoms with van der Waals surface area (Å²) in [4.78, 5) is 28.3. The molecule has 0 radical (unpaired) electrons. The summed E-state index contributed by atoms with van der Waals surface area (Å²) in [6.07, 6.45) is 0.686. The monoisotopic (exact) mass is 603 g/mol. The van der Waals surface area contributed by atoms with E-state index >= 15 is 0 Å². The number of ether oxygens (including phenoxy) is 1. The van der Waals surface area contributed by atoms with Crippen molar-refractivity contribution < 1.29 is 27.1 Å². The van der Waals surface area contributed by atoms with Crippen LogP contribution in [0.25, 0.3) is 0 Å². The highest BCUT2D eigenvalue weighted by atomic mass is 35.5. The van der Waals surface area contributed by atoms with Crippen molar-refractivity contribution in [3.05, 3.63) is 89.2 Å². The molecule has 0 aliphatic carbocycles. The molecule has 0 aromatic heterocycles. The maximum absolute atomic E-state index is 14.0. The van der Waals surface area contributed by atoms with E-state index in [0.29, 0.717) is 17.0 Å². The van der Waals surface area contributed by atoms with E-state index in [2.05, 4.69) is 5.32 Å². The Morgan fingerprint density at radius 3 is 2.22 bits per heavy atom. The Balaban J connectivity index is 2.07. The molecule has 2 atom stereocenters. The third-order valence-electron chi connectivity index (χ3n) is 6.55. The second kappa shape index (κ2) is 14.3. The molecule has 0 aliphatic rings. The molecule has 0 bridgehead atoms. The molecule has 0 spiro atoms. The van der Waals surface area contributed by atoms with Crippen LogP contribution in [0.5, 0.6) is 5.75 Å². The zero-order valence-corrected chi connectivity index (χ0v) is 25.1. The summed E-state index contributed by atoms with van der Waals surface area (Å²) >= 11 is 6.00. The number of halogens is 2. The highest BCUT2D eigenvalue weighted by Crippen LogP contribution is 2.33. The minimum absolute atomic E-state index is 0.0455. The Morgan fingerprint density at radius 1 is 0.976 bits per heavy atom. The Kier molecular flexibility index (Phi) is 11.1. The number of nitrogens with zero attached hydrogens (tertiary/aromatic N) is 2. The fourth-order valence-corrected chi connectivity index (χ4v) is 5.57. The molecule has 0 saturated heterocycles. The van der Waals surface area contributed by atoms with Crippen molar-refractivity contribution in [2.75, 3.05) is 17.5 Å². The first-order chi connectivity index (χ1) is 19.5. The van der Waals surface area contributed by atoms with Crippen molar-refractivity contribution in [2.24, 2.45) is 0 Å². The molecule has 0 heterocycles. The first kappa shape index (κ1) is 31.9. The number of amides is 2. The minimum Gasteiger partial charge on any atom is -0.492 e. The van der Waals surface area contributed by atoms with Crippen LogP contribution in [0.15, 0.2) is 77.7 Å². The van der Waals surface area contributed by atoms with E-state index in [1.807, 2.05) is 13.8 Å². The maximum atomic E-state index is 14.0. The molecule has 220 valence electrons. The lowest BCUT2D eigenvalue weighted by Crippen LogP contribution is -2.52. The van der Waals surface area contributed by atoms with Gasteiger partial charge in [-0.1, -0.05) is 42.8 Å². The van der Waals surface area contributed by atoms with Gasteiger partial charge in [-0.3, -0.25) is 13.9 Å². The van der Waals surface area contributed by atoms with Crippen molar-refractivity contribution in [2.45, 2.75) is 57.6 Å². The lowest BCUT2D eigenvalue weighted by Gasteiger charge is -2.33. The molecule has 3 rings (SSSR count). The molecule has 8 nitrogen and oxygen atoms in total. The zero-order valence-electron chi connectivity index (χ0n) is 23.5. The largest absolute Gasteiger partial charge is 0.492 e. The number of para-hydroxylation sites is 2. The SMILES string of the molecule is CCOc1ccccc1N(CC(=O)N(Cc1ccc(F)cc1)[C@@H](C)C(=O)N[C@@H](C)CC)S(=O)(=O)c1ccc(Cl)cc1. The molecule has 0 fully saturated rings. The standard InChI is InChI=1S/C30H35ClFN3O5S/c1-5-21(3)33-30(37)22(4)34(19-23-11-15-25(32)16-12-23)29(36)20-35(27-9-7-8-10-28(27)40-6-2)41(38,39)26-17-13-24(31)14-18-26/h7-18,21-22H,5-6,19-20H2,1-4H3,(H,33,37)/t21-,22-/m0/s1. The number of hydrogen-bond donors (Lipinski definition) is 1. The fraction of sp³-hybridized carbons (Fsp3) is 0.333. The average molecular weight is 604 g/mol. The van der Waals surface area contributed by atoms with Gasteiger partial charge >= 0.3 is 0 Å². The van der Waals surface area contributed by atoms with Crippen LogP contribution in [-0.4, -0.2) is 50.4 Å². The summed E-state index contributed by atoms with van der Waals surface area (Å²) in [6.45, 7) is 6.71. The molecule has 3 aromatic rings. The number of carbonyl (C=O) groups is 2. The molecule has 0 aliphatic heterocycles. The van der Waals surface area contributed by atoms with Crippen LogP contribution in [0.1, 0.15) is 39.7 Å². The van der Waals surface area contributed by atoms with Crippen LogP contribution in [0.3, 0.4) is 0 Å². The van der Waals surface area contributed by atoms with Gasteiger partial charge in [0.1, 0.15) is 24.2 Å². The molecule has 0 unspecified atom stereocenters. The fourth-order valence-electron chi connectivity index (χ4n) is 4.02. The lowest BCUT2D eigenvalue weighted by molar-refractivity contribution is -0.139. The Morgan fingerprint density at radius 2 is 1.61 bits per heavy atom. The number of carbonyl (C=O) groups excluding carboxylic acids is 2. The van der Waals surface area contributed by atoms with Crippen molar-refractivity contribution in [3.63, 3.8) is 0 Å².